The topological polar surface area (TPSA) is 64.1 Å². The molecule has 0 saturated carbocycles. The third-order valence-electron chi connectivity index (χ3n) is 3.95. The molecule has 26 heavy (non-hydrogen) atoms. The van der Waals surface area contributed by atoms with Gasteiger partial charge in [-0.1, -0.05) is 0 Å². The molecule has 6 nitrogen and oxygen atoms in total. The summed E-state index contributed by atoms with van der Waals surface area (Å²) in [6.07, 6.45) is 0.623. The van der Waals surface area contributed by atoms with Crippen molar-refractivity contribution in [2.75, 3.05) is 33.5 Å². The summed E-state index contributed by atoms with van der Waals surface area (Å²) < 4.78 is 29.9. The zero-order valence-electron chi connectivity index (χ0n) is 15.9. The van der Waals surface area contributed by atoms with Crippen LogP contribution in [0.15, 0.2) is 17.1 Å². The molecule has 2 N–H and O–H groups in total. The number of ether oxygens (including phenoxy) is 3. The van der Waals surface area contributed by atoms with Crippen LogP contribution in [0.2, 0.25) is 0 Å². The summed E-state index contributed by atoms with van der Waals surface area (Å²) in [6, 6.07) is 2.98. The average Bonchev–Trinajstić information content (AvgIpc) is 2.59. The molecule has 0 atom stereocenters. The van der Waals surface area contributed by atoms with Crippen molar-refractivity contribution < 1.29 is 18.6 Å². The molecule has 1 heterocycles. The first-order valence-corrected chi connectivity index (χ1v) is 8.54. The molecule has 0 spiro atoms. The molecule has 0 unspecified atom stereocenters. The number of nitrogens with zero attached hydrogens (tertiary/aromatic N) is 1. The highest BCUT2D eigenvalue weighted by Crippen LogP contribution is 2.29. The van der Waals surface area contributed by atoms with E-state index in [0.29, 0.717) is 32.1 Å². The van der Waals surface area contributed by atoms with Gasteiger partial charge in [0.15, 0.2) is 12.8 Å². The maximum atomic E-state index is 13.8. The molecule has 1 aliphatic heterocycles. The van der Waals surface area contributed by atoms with Crippen molar-refractivity contribution in [2.24, 2.45) is 4.99 Å². The van der Waals surface area contributed by atoms with Gasteiger partial charge >= 0.3 is 0 Å². The van der Waals surface area contributed by atoms with Gasteiger partial charge in [-0.25, -0.2) is 4.39 Å². The Morgan fingerprint density at radius 1 is 1.35 bits per heavy atom. The van der Waals surface area contributed by atoms with Crippen LogP contribution in [0.25, 0.3) is 0 Å². The minimum absolute atomic E-state index is 0. The van der Waals surface area contributed by atoms with Crippen LogP contribution in [0.5, 0.6) is 5.75 Å². The maximum Gasteiger partial charge on any atom is 0.191 e. The Hall–Kier alpha value is -1.13. The molecule has 1 aromatic rings. The van der Waals surface area contributed by atoms with Gasteiger partial charge in [0.2, 0.25) is 0 Å². The number of benzene rings is 1. The fraction of sp³-hybridized carbons (Fsp3) is 0.611. The second-order valence-electron chi connectivity index (χ2n) is 6.50. The normalized spacial score (nSPS) is 14.1. The van der Waals surface area contributed by atoms with Crippen molar-refractivity contribution in [1.29, 1.82) is 0 Å². The molecule has 1 aromatic carbocycles. The molecule has 0 aliphatic carbocycles. The summed E-state index contributed by atoms with van der Waals surface area (Å²) in [6.45, 7) is 8.47. The molecular weight excluding hydrogens is 452 g/mol. The highest BCUT2D eigenvalue weighted by molar-refractivity contribution is 14.0. The van der Waals surface area contributed by atoms with Gasteiger partial charge in [-0.15, -0.1) is 24.0 Å². The smallest absolute Gasteiger partial charge is 0.191 e. The summed E-state index contributed by atoms with van der Waals surface area (Å²) in [7, 11) is 1.67. The standard InChI is InChI=1S/C18H28FN3O3.HI/c1-5-20-17(22-11-18(2,3)23-4)21-7-6-13-8-15(19)9-14-10-24-12-25-16(13)14;/h8-9H,5-7,10-12H2,1-4H3,(H2,20,21,22);1H. The summed E-state index contributed by atoms with van der Waals surface area (Å²) in [5, 5.41) is 6.46. The Bertz CT molecular complexity index is 612. The van der Waals surface area contributed by atoms with Crippen LogP contribution in [0.1, 0.15) is 31.9 Å². The third kappa shape index (κ3) is 6.88. The number of fused-ring (bicyclic) bond motifs is 1. The minimum Gasteiger partial charge on any atom is -0.467 e. The van der Waals surface area contributed by atoms with Crippen LogP contribution in [-0.4, -0.2) is 45.1 Å². The van der Waals surface area contributed by atoms with Gasteiger partial charge in [0.1, 0.15) is 11.6 Å². The van der Waals surface area contributed by atoms with Gasteiger partial charge in [0.25, 0.3) is 0 Å². The fourth-order valence-corrected chi connectivity index (χ4v) is 2.43. The monoisotopic (exact) mass is 481 g/mol. The second-order valence-corrected chi connectivity index (χ2v) is 6.50. The Balaban J connectivity index is 0.00000338. The summed E-state index contributed by atoms with van der Waals surface area (Å²) in [5.41, 5.74) is 1.26. The Morgan fingerprint density at radius 2 is 2.12 bits per heavy atom. The second kappa shape index (κ2) is 10.9. The van der Waals surface area contributed by atoms with Gasteiger partial charge in [-0.3, -0.25) is 4.99 Å². The fourth-order valence-electron chi connectivity index (χ4n) is 2.43. The number of hydrogen-bond acceptors (Lipinski definition) is 4. The predicted molar refractivity (Wildman–Crippen MR) is 111 cm³/mol. The maximum absolute atomic E-state index is 13.8. The largest absolute Gasteiger partial charge is 0.467 e. The number of nitrogens with one attached hydrogen (secondary N) is 2. The van der Waals surface area contributed by atoms with Crippen LogP contribution >= 0.6 is 24.0 Å². The van der Waals surface area contributed by atoms with E-state index in [1.165, 1.54) is 12.1 Å². The summed E-state index contributed by atoms with van der Waals surface area (Å²) in [4.78, 5) is 4.54. The van der Waals surface area contributed by atoms with E-state index in [-0.39, 0.29) is 42.2 Å². The molecule has 8 heteroatoms. The van der Waals surface area contributed by atoms with Crippen LogP contribution in [0, 0.1) is 5.82 Å². The van der Waals surface area contributed by atoms with Gasteiger partial charge in [-0.05, 0) is 44.9 Å². The van der Waals surface area contributed by atoms with E-state index < -0.39 is 0 Å². The van der Waals surface area contributed by atoms with Crippen molar-refractivity contribution in [1.82, 2.24) is 10.6 Å². The number of halogens is 2. The van der Waals surface area contributed by atoms with E-state index in [4.69, 9.17) is 14.2 Å². The average molecular weight is 481 g/mol. The van der Waals surface area contributed by atoms with Crippen molar-refractivity contribution in [3.05, 3.63) is 29.1 Å². The molecular formula is C18H29FIN3O3. The Morgan fingerprint density at radius 3 is 2.81 bits per heavy atom. The quantitative estimate of drug-likeness (QED) is 0.357. The Labute approximate surface area is 171 Å². The molecule has 0 bridgehead atoms. The van der Waals surface area contributed by atoms with Crippen LogP contribution in [0.4, 0.5) is 4.39 Å². The van der Waals surface area contributed by atoms with Gasteiger partial charge in [0.05, 0.1) is 18.8 Å². The van der Waals surface area contributed by atoms with Crippen LogP contribution in [0.3, 0.4) is 0 Å². The van der Waals surface area contributed by atoms with Gasteiger partial charge in [0, 0.05) is 25.8 Å². The molecule has 0 saturated heterocycles. The van der Waals surface area contributed by atoms with Crippen molar-refractivity contribution in [3.63, 3.8) is 0 Å². The highest BCUT2D eigenvalue weighted by atomic mass is 127. The van der Waals surface area contributed by atoms with Crippen molar-refractivity contribution in [2.45, 2.75) is 39.4 Å². The lowest BCUT2D eigenvalue weighted by Gasteiger charge is -2.22. The van der Waals surface area contributed by atoms with Crippen molar-refractivity contribution >= 4 is 29.9 Å². The number of aliphatic imine (C=N–C) groups is 1. The minimum atomic E-state index is -0.322. The molecule has 148 valence electrons. The number of guanidine groups is 1. The van der Waals surface area contributed by atoms with Crippen molar-refractivity contribution in [3.8, 4) is 5.75 Å². The zero-order valence-corrected chi connectivity index (χ0v) is 18.2. The predicted octanol–water partition coefficient (Wildman–Crippen LogP) is 2.83. The SMILES string of the molecule is CCNC(=NCC(C)(C)OC)NCCc1cc(F)cc2c1OCOC2.I. The highest BCUT2D eigenvalue weighted by Gasteiger charge is 2.17. The molecule has 0 fully saturated rings. The molecule has 2 rings (SSSR count). The van der Waals surface area contributed by atoms with Crippen LogP contribution < -0.4 is 15.4 Å². The number of hydrogen-bond donors (Lipinski definition) is 2. The van der Waals surface area contributed by atoms with E-state index in [1.807, 2.05) is 20.8 Å². The first kappa shape index (κ1) is 22.9. The summed E-state index contributed by atoms with van der Waals surface area (Å²) >= 11 is 0. The number of methoxy groups -OCH3 is 1. The van der Waals surface area contributed by atoms with Gasteiger partial charge < -0.3 is 24.8 Å². The van der Waals surface area contributed by atoms with E-state index in [0.717, 1.165) is 23.4 Å². The van der Waals surface area contributed by atoms with E-state index in [9.17, 15) is 4.39 Å². The first-order valence-electron chi connectivity index (χ1n) is 8.54. The Kier molecular flexibility index (Phi) is 9.59. The molecule has 0 amide bonds. The van der Waals surface area contributed by atoms with E-state index in [2.05, 4.69) is 15.6 Å². The molecule has 0 radical (unpaired) electrons. The number of rotatable bonds is 7. The first-order chi connectivity index (χ1) is 11.9. The molecule has 1 aliphatic rings. The summed E-state index contributed by atoms with van der Waals surface area (Å²) in [5.74, 6) is 1.17. The lowest BCUT2D eigenvalue weighted by atomic mass is 10.1. The zero-order chi connectivity index (χ0) is 18.3. The van der Waals surface area contributed by atoms with Gasteiger partial charge in [-0.2, -0.15) is 0 Å². The van der Waals surface area contributed by atoms with E-state index in [1.54, 1.807) is 7.11 Å². The lowest BCUT2D eigenvalue weighted by Crippen LogP contribution is -2.40. The molecule has 0 aromatic heterocycles. The van der Waals surface area contributed by atoms with Crippen LogP contribution in [-0.2, 0) is 22.5 Å². The third-order valence-corrected chi connectivity index (χ3v) is 3.95. The van der Waals surface area contributed by atoms with E-state index >= 15 is 0 Å². The lowest BCUT2D eigenvalue weighted by molar-refractivity contribution is -0.0172.